The summed E-state index contributed by atoms with van der Waals surface area (Å²) < 4.78 is 2.16. The first-order valence-corrected chi connectivity index (χ1v) is 7.06. The van der Waals surface area contributed by atoms with Gasteiger partial charge in [0.05, 0.1) is 0 Å². The van der Waals surface area contributed by atoms with Crippen LogP contribution in [0.3, 0.4) is 0 Å². The van der Waals surface area contributed by atoms with Gasteiger partial charge >= 0.3 is 0 Å². The lowest BCUT2D eigenvalue weighted by molar-refractivity contribution is 0.955. The number of nitrogens with zero attached hydrogens (tertiary/aromatic N) is 1. The third-order valence-corrected chi connectivity index (χ3v) is 3.88. The number of nitrogens with one attached hydrogen (secondary N) is 1. The molecule has 0 aliphatic rings. The highest BCUT2D eigenvalue weighted by Gasteiger charge is 2.06. The van der Waals surface area contributed by atoms with Gasteiger partial charge in [-0.3, -0.25) is 0 Å². The summed E-state index contributed by atoms with van der Waals surface area (Å²) in [7, 11) is 2.08. The molecule has 20 heavy (non-hydrogen) atoms. The molecule has 0 saturated heterocycles. The first-order valence-electron chi connectivity index (χ1n) is 6.68. The molecule has 0 spiro atoms. The molecule has 0 aliphatic carbocycles. The largest absolute Gasteiger partial charge is 0.381 e. The molecule has 3 heteroatoms. The minimum atomic E-state index is 0.760. The molecule has 102 valence electrons. The topological polar surface area (TPSA) is 17.0 Å². The van der Waals surface area contributed by atoms with Gasteiger partial charge in [-0.1, -0.05) is 35.9 Å². The van der Waals surface area contributed by atoms with E-state index in [-0.39, 0.29) is 0 Å². The van der Waals surface area contributed by atoms with Gasteiger partial charge in [0.2, 0.25) is 0 Å². The molecule has 0 saturated carbocycles. The van der Waals surface area contributed by atoms with Gasteiger partial charge in [-0.25, -0.2) is 0 Å². The van der Waals surface area contributed by atoms with Crippen LogP contribution in [0.5, 0.6) is 0 Å². The summed E-state index contributed by atoms with van der Waals surface area (Å²) in [4.78, 5) is 0. The maximum atomic E-state index is 6.05. The molecule has 0 radical (unpaired) electrons. The summed E-state index contributed by atoms with van der Waals surface area (Å²) in [5.41, 5.74) is 4.84. The van der Waals surface area contributed by atoms with Crippen LogP contribution in [0.1, 0.15) is 11.1 Å². The molecular weight excluding hydrogens is 268 g/mol. The van der Waals surface area contributed by atoms with Gasteiger partial charge in [0.1, 0.15) is 0 Å². The molecule has 1 aromatic heterocycles. The molecule has 1 N–H and O–H groups in total. The summed E-state index contributed by atoms with van der Waals surface area (Å²) in [6.07, 6.45) is 2.18. The van der Waals surface area contributed by atoms with Crippen LogP contribution in [0.2, 0.25) is 5.02 Å². The average molecular weight is 285 g/mol. The number of aromatic nitrogens is 1. The highest BCUT2D eigenvalue weighted by Crippen LogP contribution is 2.24. The summed E-state index contributed by atoms with van der Waals surface area (Å²) in [6.45, 7) is 2.88. The van der Waals surface area contributed by atoms with Crippen molar-refractivity contribution in [2.24, 2.45) is 7.05 Å². The minimum Gasteiger partial charge on any atom is -0.381 e. The van der Waals surface area contributed by atoms with Gasteiger partial charge < -0.3 is 9.88 Å². The number of benzene rings is 2. The van der Waals surface area contributed by atoms with Crippen LogP contribution in [-0.2, 0) is 13.6 Å². The number of para-hydroxylation sites is 1. The van der Waals surface area contributed by atoms with Crippen molar-refractivity contribution >= 4 is 28.2 Å². The number of rotatable bonds is 3. The van der Waals surface area contributed by atoms with E-state index in [1.165, 1.54) is 22.0 Å². The number of halogens is 1. The highest BCUT2D eigenvalue weighted by atomic mass is 35.5. The molecule has 3 aromatic rings. The summed E-state index contributed by atoms with van der Waals surface area (Å²) in [6, 6.07) is 14.4. The Bertz CT molecular complexity index is 759. The van der Waals surface area contributed by atoms with Crippen molar-refractivity contribution in [1.82, 2.24) is 4.57 Å². The molecule has 0 unspecified atom stereocenters. The molecular formula is C17H17ClN2. The van der Waals surface area contributed by atoms with E-state index < -0.39 is 0 Å². The van der Waals surface area contributed by atoms with E-state index in [2.05, 4.69) is 54.3 Å². The van der Waals surface area contributed by atoms with Gasteiger partial charge in [-0.2, -0.15) is 0 Å². The Kier molecular flexibility index (Phi) is 3.41. The smallest absolute Gasteiger partial charge is 0.0481 e. The Hall–Kier alpha value is -1.93. The summed E-state index contributed by atoms with van der Waals surface area (Å²) in [5.74, 6) is 0. The highest BCUT2D eigenvalue weighted by molar-refractivity contribution is 6.30. The fourth-order valence-corrected chi connectivity index (χ4v) is 2.71. The van der Waals surface area contributed by atoms with Crippen LogP contribution >= 0.6 is 11.6 Å². The predicted molar refractivity (Wildman–Crippen MR) is 86.4 cm³/mol. The molecule has 0 bridgehead atoms. The van der Waals surface area contributed by atoms with Crippen LogP contribution in [0.4, 0.5) is 5.69 Å². The molecule has 0 atom stereocenters. The molecule has 2 nitrogen and oxygen atoms in total. The Balaban J connectivity index is 1.89. The zero-order chi connectivity index (χ0) is 14.1. The number of aryl methyl sites for hydroxylation is 2. The monoisotopic (exact) mass is 284 g/mol. The number of hydrogen-bond donors (Lipinski definition) is 1. The molecule has 0 fully saturated rings. The van der Waals surface area contributed by atoms with Crippen molar-refractivity contribution in [3.05, 3.63) is 64.8 Å². The molecule has 0 amide bonds. The van der Waals surface area contributed by atoms with Crippen LogP contribution in [0, 0.1) is 6.92 Å². The van der Waals surface area contributed by atoms with Gasteiger partial charge in [0.15, 0.2) is 0 Å². The van der Waals surface area contributed by atoms with Crippen molar-refractivity contribution in [3.8, 4) is 0 Å². The zero-order valence-electron chi connectivity index (χ0n) is 11.7. The quantitative estimate of drug-likeness (QED) is 0.734. The number of hydrogen-bond acceptors (Lipinski definition) is 1. The third kappa shape index (κ3) is 2.39. The number of anilines is 1. The third-order valence-electron chi connectivity index (χ3n) is 3.65. The fourth-order valence-electron chi connectivity index (χ4n) is 2.54. The Labute approximate surface area is 124 Å². The zero-order valence-corrected chi connectivity index (χ0v) is 12.4. The number of fused-ring (bicyclic) bond motifs is 1. The normalized spacial score (nSPS) is 10.9. The van der Waals surface area contributed by atoms with E-state index in [1.807, 2.05) is 18.2 Å². The van der Waals surface area contributed by atoms with E-state index in [9.17, 15) is 0 Å². The van der Waals surface area contributed by atoms with Crippen LogP contribution in [0.25, 0.3) is 10.9 Å². The van der Waals surface area contributed by atoms with E-state index >= 15 is 0 Å². The summed E-state index contributed by atoms with van der Waals surface area (Å²) in [5, 5.41) is 5.53. The molecule has 0 aliphatic heterocycles. The predicted octanol–water partition coefficient (Wildman–Crippen LogP) is 4.75. The Morgan fingerprint density at radius 3 is 2.80 bits per heavy atom. The van der Waals surface area contributed by atoms with Gasteiger partial charge in [-0.15, -0.1) is 0 Å². The summed E-state index contributed by atoms with van der Waals surface area (Å²) >= 11 is 6.05. The molecule has 3 rings (SSSR count). The minimum absolute atomic E-state index is 0.760. The maximum Gasteiger partial charge on any atom is 0.0481 e. The average Bonchev–Trinajstić information content (AvgIpc) is 2.77. The van der Waals surface area contributed by atoms with Crippen molar-refractivity contribution in [1.29, 1.82) is 0 Å². The van der Waals surface area contributed by atoms with Gasteiger partial charge in [-0.05, 0) is 36.2 Å². The Morgan fingerprint density at radius 1 is 1.15 bits per heavy atom. The van der Waals surface area contributed by atoms with Crippen molar-refractivity contribution in [3.63, 3.8) is 0 Å². The van der Waals surface area contributed by atoms with Crippen molar-refractivity contribution in [2.45, 2.75) is 13.5 Å². The standard InChI is InChI=1S/C17H17ClN2/c1-12-7-8-14(18)9-16(12)19-10-13-11-20(2)17-6-4-3-5-15(13)17/h3-9,11,19H,10H2,1-2H3. The van der Waals surface area contributed by atoms with Crippen LogP contribution in [0.15, 0.2) is 48.7 Å². The van der Waals surface area contributed by atoms with Crippen LogP contribution in [-0.4, -0.2) is 4.57 Å². The maximum absolute atomic E-state index is 6.05. The van der Waals surface area contributed by atoms with Gasteiger partial charge in [0.25, 0.3) is 0 Å². The second-order valence-corrected chi connectivity index (χ2v) is 5.53. The van der Waals surface area contributed by atoms with Crippen molar-refractivity contribution in [2.75, 3.05) is 5.32 Å². The second-order valence-electron chi connectivity index (χ2n) is 5.10. The lowest BCUT2D eigenvalue weighted by Gasteiger charge is -2.09. The van der Waals surface area contributed by atoms with E-state index in [0.717, 1.165) is 17.3 Å². The first kappa shape index (κ1) is 13.1. The fraction of sp³-hybridized carbons (Fsp3) is 0.176. The Morgan fingerprint density at radius 2 is 1.95 bits per heavy atom. The SMILES string of the molecule is Cc1ccc(Cl)cc1NCc1cn(C)c2ccccc12. The van der Waals surface area contributed by atoms with E-state index in [0.29, 0.717) is 0 Å². The van der Waals surface area contributed by atoms with Crippen molar-refractivity contribution < 1.29 is 0 Å². The lowest BCUT2D eigenvalue weighted by Crippen LogP contribution is -2.00. The van der Waals surface area contributed by atoms with E-state index in [1.54, 1.807) is 0 Å². The van der Waals surface area contributed by atoms with Crippen LogP contribution < -0.4 is 5.32 Å². The van der Waals surface area contributed by atoms with E-state index in [4.69, 9.17) is 11.6 Å². The second kappa shape index (κ2) is 5.22. The lowest BCUT2D eigenvalue weighted by atomic mass is 10.1. The van der Waals surface area contributed by atoms with Gasteiger partial charge in [0, 0.05) is 41.4 Å². The molecule has 2 aromatic carbocycles. The first-order chi connectivity index (χ1) is 9.65. The molecule has 1 heterocycles.